The maximum Gasteiger partial charge on any atom is 0.409 e. The normalized spacial score (nSPS) is 44.8. The molecule has 0 aromatic carbocycles. The molecule has 4 saturated carbocycles. The van der Waals surface area contributed by atoms with Crippen LogP contribution in [0.1, 0.15) is 0 Å². The van der Waals surface area contributed by atoms with Crippen LogP contribution in [0.25, 0.3) is 0 Å². The van der Waals surface area contributed by atoms with Crippen LogP contribution in [0.2, 0.25) is 0 Å². The van der Waals surface area contributed by atoms with Crippen molar-refractivity contribution in [3.05, 3.63) is 0 Å². The van der Waals surface area contributed by atoms with Crippen molar-refractivity contribution < 1.29 is 98.0 Å². The number of hydrogen-bond acceptors (Lipinski definition) is 2. The molecule has 4 bridgehead atoms. The second-order valence-corrected chi connectivity index (χ2v) is 7.45. The van der Waals surface area contributed by atoms with Crippen LogP contribution in [0.15, 0.2) is 0 Å². The first-order chi connectivity index (χ1) is 14.6. The van der Waals surface area contributed by atoms with Crippen molar-refractivity contribution in [3.63, 3.8) is 0 Å². The lowest BCUT2D eigenvalue weighted by molar-refractivity contribution is -0.677. The number of rotatable bonds is 4. The Bertz CT molecular complexity index is 819. The maximum atomic E-state index is 14.8. The van der Waals surface area contributed by atoms with Crippen molar-refractivity contribution in [2.45, 2.75) is 59.1 Å². The van der Waals surface area contributed by atoms with Crippen molar-refractivity contribution in [3.8, 4) is 0 Å². The molecule has 0 aromatic heterocycles. The van der Waals surface area contributed by atoms with Crippen LogP contribution >= 0.6 is 0 Å². The Morgan fingerprint density at radius 3 is 0.735 bits per heavy atom. The molecule has 0 atom stereocenters. The van der Waals surface area contributed by atoms with Crippen LogP contribution in [-0.4, -0.2) is 59.1 Å². The van der Waals surface area contributed by atoms with E-state index in [1.165, 1.54) is 0 Å². The van der Waals surface area contributed by atoms with E-state index in [4.69, 9.17) is 0 Å². The molecule has 0 aromatic rings. The largest absolute Gasteiger partial charge is 0.409 e. The molecule has 0 saturated heterocycles. The molecular weight excluding hydrogens is 556 g/mol. The maximum absolute atomic E-state index is 14.8. The fraction of sp³-hybridized carbons (Fsp3) is 1.00. The van der Waals surface area contributed by atoms with Crippen molar-refractivity contribution in [2.24, 2.45) is 10.8 Å². The van der Waals surface area contributed by atoms with Gasteiger partial charge in [0.2, 0.25) is 0 Å². The molecule has 4 aliphatic rings. The quantitative estimate of drug-likeness (QED) is 0.384. The van der Waals surface area contributed by atoms with Gasteiger partial charge in [-0.25, -0.2) is 52.7 Å². The van der Waals surface area contributed by atoms with Gasteiger partial charge in [0.25, 0.3) is 16.8 Å². The first-order valence-corrected chi connectivity index (χ1v) is 7.62. The van der Waals surface area contributed by atoms with Crippen molar-refractivity contribution in [1.82, 2.24) is 0 Å². The first-order valence-electron chi connectivity index (χ1n) is 7.62. The molecule has 4 aliphatic carbocycles. The van der Waals surface area contributed by atoms with Gasteiger partial charge in [-0.3, -0.25) is 0 Å². The lowest BCUT2D eigenvalue weighted by Gasteiger charge is -2.77. The third-order valence-corrected chi connectivity index (χ3v) is 6.49. The van der Waals surface area contributed by atoms with E-state index in [2.05, 4.69) is 0 Å². The average Bonchev–Trinajstić information content (AvgIpc) is 2.61. The van der Waals surface area contributed by atoms with Gasteiger partial charge >= 0.3 is 53.2 Å². The molecule has 0 heterocycles. The molecule has 22 heteroatoms. The van der Waals surface area contributed by atoms with Crippen LogP contribution in [0, 0.1) is 10.8 Å². The third kappa shape index (κ3) is 1.56. The van der Waals surface area contributed by atoms with Gasteiger partial charge in [0, 0.05) is 0 Å². The molecule has 0 radical (unpaired) electrons. The summed E-state index contributed by atoms with van der Waals surface area (Å²) in [6.45, 7) is 0. The summed E-state index contributed by atoms with van der Waals surface area (Å²) < 4.78 is 283. The fourth-order valence-electron chi connectivity index (χ4n) is 5.13. The summed E-state index contributed by atoms with van der Waals surface area (Å²) in [6, 6.07) is 0. The topological polar surface area (TPSA) is 18.5 Å². The van der Waals surface area contributed by atoms with Crippen molar-refractivity contribution >= 4 is 0 Å². The Morgan fingerprint density at radius 2 is 0.559 bits per heavy atom. The van der Waals surface area contributed by atoms with Gasteiger partial charge in [-0.2, -0.15) is 26.3 Å². The highest BCUT2D eigenvalue weighted by atomic mass is 19.4. The lowest BCUT2D eigenvalue weighted by Crippen LogP contribution is -3.09. The molecule has 0 spiro atoms. The summed E-state index contributed by atoms with van der Waals surface area (Å²) in [5, 5.41) is 0. The molecule has 2 nitrogen and oxygen atoms in total. The zero-order valence-electron chi connectivity index (χ0n) is 14.4. The standard InChI is InChI=1S/C12F20O2/c13-3-6(17,18)1(11(27,28)33-31)5(15,16)2(8(3,21)22,12(29,30)34-32)9(23,24)4(14,7(1,19)20)10(3,25)26. The molecule has 200 valence electrons. The van der Waals surface area contributed by atoms with Gasteiger partial charge in [-0.15, -0.1) is 9.88 Å². The van der Waals surface area contributed by atoms with E-state index in [0.717, 1.165) is 9.88 Å². The SMILES string of the molecule is FOC(F)(F)C12C(F)(F)C3(F)C(F)(F)C(F)(C1(F)F)C(F)(F)C(C(F)(F)OF)(C3(F)F)C2(F)F. The minimum absolute atomic E-state index is 0.994. The first kappa shape index (κ1) is 27.1. The molecule has 0 aliphatic heterocycles. The van der Waals surface area contributed by atoms with E-state index >= 15 is 0 Å². The molecule has 0 amide bonds. The fourth-order valence-corrected chi connectivity index (χ4v) is 5.13. The van der Waals surface area contributed by atoms with Crippen molar-refractivity contribution in [2.75, 3.05) is 0 Å². The van der Waals surface area contributed by atoms with Gasteiger partial charge in [0.05, 0.1) is 0 Å². The molecule has 0 N–H and O–H groups in total. The smallest absolute Gasteiger partial charge is 0.223 e. The molecule has 4 fully saturated rings. The molecule has 4 rings (SSSR count). The zero-order valence-corrected chi connectivity index (χ0v) is 14.4. The average molecular weight is 556 g/mol. The van der Waals surface area contributed by atoms with Gasteiger partial charge in [-0.05, 0) is 9.05 Å². The van der Waals surface area contributed by atoms with Gasteiger partial charge in [0.15, 0.2) is 0 Å². The minimum Gasteiger partial charge on any atom is -0.223 e. The Balaban J connectivity index is 2.90. The summed E-state index contributed by atoms with van der Waals surface area (Å²) >= 11 is 0. The van der Waals surface area contributed by atoms with E-state index in [-0.39, 0.29) is 0 Å². The molecular formula is C12F20O2. The summed E-state index contributed by atoms with van der Waals surface area (Å²) in [5.74, 6) is -52.3. The van der Waals surface area contributed by atoms with Crippen LogP contribution < -0.4 is 0 Å². The predicted molar refractivity (Wildman–Crippen MR) is 56.5 cm³/mol. The minimum atomic E-state index is -8.92. The highest BCUT2D eigenvalue weighted by Gasteiger charge is 3.27. The predicted octanol–water partition coefficient (Wildman–Crippen LogP) is 6.22. The number of alkyl halides is 18. The van der Waals surface area contributed by atoms with E-state index in [1.54, 1.807) is 0 Å². The van der Waals surface area contributed by atoms with E-state index in [0.29, 0.717) is 0 Å². The van der Waals surface area contributed by atoms with Gasteiger partial charge in [0.1, 0.15) is 0 Å². The van der Waals surface area contributed by atoms with E-state index < -0.39 is 69.9 Å². The van der Waals surface area contributed by atoms with E-state index in [9.17, 15) is 88.1 Å². The Hall–Kier alpha value is -1.48. The summed E-state index contributed by atoms with van der Waals surface area (Å²) in [6.07, 6.45) is -16.4. The monoisotopic (exact) mass is 556 g/mol. The summed E-state index contributed by atoms with van der Waals surface area (Å²) in [5.41, 5.74) is -34.6. The van der Waals surface area contributed by atoms with Gasteiger partial charge in [-0.1, -0.05) is 0 Å². The summed E-state index contributed by atoms with van der Waals surface area (Å²) in [7, 11) is 0. The Kier molecular flexibility index (Phi) is 4.45. The van der Waals surface area contributed by atoms with Gasteiger partial charge < -0.3 is 0 Å². The van der Waals surface area contributed by atoms with Crippen LogP contribution in [0.4, 0.5) is 88.1 Å². The number of hydrogen-bond donors (Lipinski definition) is 0. The second-order valence-electron chi connectivity index (χ2n) is 7.45. The summed E-state index contributed by atoms with van der Waals surface area (Å²) in [4.78, 5) is 1.99. The number of halogens is 20. The third-order valence-electron chi connectivity index (χ3n) is 6.49. The van der Waals surface area contributed by atoms with Crippen LogP contribution in [0.5, 0.6) is 0 Å². The Morgan fingerprint density at radius 1 is 0.353 bits per heavy atom. The molecule has 0 unspecified atom stereocenters. The molecule has 34 heavy (non-hydrogen) atoms. The van der Waals surface area contributed by atoms with E-state index in [1.807, 2.05) is 0 Å². The van der Waals surface area contributed by atoms with Crippen LogP contribution in [-0.2, 0) is 9.88 Å². The van der Waals surface area contributed by atoms with Crippen LogP contribution in [0.3, 0.4) is 0 Å². The van der Waals surface area contributed by atoms with Crippen molar-refractivity contribution in [1.29, 1.82) is 0 Å². The Labute approximate surface area is 169 Å². The highest BCUT2D eigenvalue weighted by molar-refractivity contribution is 5.53. The lowest BCUT2D eigenvalue weighted by atomic mass is 9.32. The zero-order chi connectivity index (χ0) is 27.4. The second kappa shape index (κ2) is 5.58. The highest BCUT2D eigenvalue weighted by Crippen LogP contribution is 2.95.